The Kier molecular flexibility index (Phi) is 4.47. The second-order valence-corrected chi connectivity index (χ2v) is 4.93. The van der Waals surface area contributed by atoms with Crippen molar-refractivity contribution in [3.8, 4) is 0 Å². The number of hydrogen-bond donors (Lipinski definition) is 0. The van der Waals surface area contributed by atoms with Gasteiger partial charge in [-0.2, -0.15) is 13.2 Å². The topological polar surface area (TPSA) is 47.9 Å². The predicted octanol–water partition coefficient (Wildman–Crippen LogP) is 2.92. The molecule has 0 amide bonds. The van der Waals surface area contributed by atoms with Gasteiger partial charge in [-0.05, 0) is 12.8 Å². The third kappa shape index (κ3) is 2.84. The minimum Gasteiger partial charge on any atom is -0.463 e. The maximum atomic E-state index is 13.1. The summed E-state index contributed by atoms with van der Waals surface area (Å²) in [7, 11) is 0. The Balaban J connectivity index is 2.99. The lowest BCUT2D eigenvalue weighted by Gasteiger charge is -2.26. The Morgan fingerprint density at radius 1 is 1.47 bits per heavy atom. The van der Waals surface area contributed by atoms with E-state index in [2.05, 4.69) is 14.7 Å². The van der Waals surface area contributed by atoms with E-state index in [1.54, 1.807) is 6.92 Å². The second kappa shape index (κ2) is 5.38. The molecule has 0 aromatic heterocycles. The first-order chi connectivity index (χ1) is 8.65. The van der Waals surface area contributed by atoms with E-state index in [1.165, 1.54) is 6.92 Å². The molecule has 1 aliphatic heterocycles. The quantitative estimate of drug-likeness (QED) is 0.744. The SMILES string of the molecule is CCOC(=O)C1(C(F)(F)F)CC(C(C)C(C)C)=NO1. The first-order valence-electron chi connectivity index (χ1n) is 6.14. The van der Waals surface area contributed by atoms with Gasteiger partial charge in [0.05, 0.1) is 18.7 Å². The second-order valence-electron chi connectivity index (χ2n) is 4.93. The zero-order chi connectivity index (χ0) is 14.8. The number of nitrogens with zero attached hydrogens (tertiary/aromatic N) is 1. The fraction of sp³-hybridized carbons (Fsp3) is 0.833. The molecule has 1 rings (SSSR count). The van der Waals surface area contributed by atoms with Crippen LogP contribution in [-0.4, -0.2) is 30.1 Å². The molecule has 0 aliphatic carbocycles. The first kappa shape index (κ1) is 15.8. The molecule has 0 fully saturated rings. The fourth-order valence-electron chi connectivity index (χ4n) is 1.71. The van der Waals surface area contributed by atoms with Crippen molar-refractivity contribution < 1.29 is 27.5 Å². The van der Waals surface area contributed by atoms with E-state index in [0.717, 1.165) is 0 Å². The summed E-state index contributed by atoms with van der Waals surface area (Å²) in [5.41, 5.74) is -2.75. The van der Waals surface area contributed by atoms with Crippen molar-refractivity contribution in [2.24, 2.45) is 17.0 Å². The van der Waals surface area contributed by atoms with Crippen LogP contribution in [0.2, 0.25) is 0 Å². The number of carbonyl (C=O) groups is 1. The molecule has 4 nitrogen and oxygen atoms in total. The monoisotopic (exact) mass is 281 g/mol. The van der Waals surface area contributed by atoms with Crippen molar-refractivity contribution in [3.63, 3.8) is 0 Å². The number of alkyl halides is 3. The maximum absolute atomic E-state index is 13.1. The standard InChI is InChI=1S/C12H18F3NO3/c1-5-18-10(17)11(12(13,14)15)6-9(16-19-11)8(4)7(2)3/h7-8H,5-6H2,1-4H3. The van der Waals surface area contributed by atoms with Crippen LogP contribution in [0.1, 0.15) is 34.1 Å². The van der Waals surface area contributed by atoms with Crippen molar-refractivity contribution in [2.45, 2.75) is 45.9 Å². The van der Waals surface area contributed by atoms with Crippen LogP contribution in [0.3, 0.4) is 0 Å². The molecular formula is C12H18F3NO3. The van der Waals surface area contributed by atoms with Gasteiger partial charge in [0, 0.05) is 5.92 Å². The van der Waals surface area contributed by atoms with Gasteiger partial charge in [0.2, 0.25) is 0 Å². The average Bonchev–Trinajstić information content (AvgIpc) is 2.73. The van der Waals surface area contributed by atoms with Gasteiger partial charge in [-0.15, -0.1) is 0 Å². The van der Waals surface area contributed by atoms with Gasteiger partial charge in [-0.25, -0.2) is 4.79 Å². The highest BCUT2D eigenvalue weighted by molar-refractivity contribution is 5.95. The predicted molar refractivity (Wildman–Crippen MR) is 62.6 cm³/mol. The van der Waals surface area contributed by atoms with Crippen molar-refractivity contribution >= 4 is 11.7 Å². The molecule has 1 heterocycles. The van der Waals surface area contributed by atoms with Gasteiger partial charge in [0.1, 0.15) is 0 Å². The summed E-state index contributed by atoms with van der Waals surface area (Å²) in [5.74, 6) is -1.52. The van der Waals surface area contributed by atoms with E-state index in [-0.39, 0.29) is 24.2 Å². The van der Waals surface area contributed by atoms with Gasteiger partial charge in [-0.3, -0.25) is 0 Å². The summed E-state index contributed by atoms with van der Waals surface area (Å²) in [4.78, 5) is 16.1. The molecule has 2 unspecified atom stereocenters. The molecule has 0 saturated heterocycles. The molecule has 0 aromatic carbocycles. The molecule has 19 heavy (non-hydrogen) atoms. The third-order valence-electron chi connectivity index (χ3n) is 3.34. The summed E-state index contributed by atoms with van der Waals surface area (Å²) in [6.45, 7) is 6.78. The number of carbonyl (C=O) groups excluding carboxylic acids is 1. The minimum atomic E-state index is -4.86. The Morgan fingerprint density at radius 3 is 2.47 bits per heavy atom. The van der Waals surface area contributed by atoms with E-state index in [9.17, 15) is 18.0 Å². The van der Waals surface area contributed by atoms with E-state index >= 15 is 0 Å². The molecule has 7 heteroatoms. The highest BCUT2D eigenvalue weighted by atomic mass is 19.4. The third-order valence-corrected chi connectivity index (χ3v) is 3.34. The normalized spacial score (nSPS) is 24.9. The molecule has 0 radical (unpaired) electrons. The highest BCUT2D eigenvalue weighted by Gasteiger charge is 2.68. The Labute approximate surface area is 109 Å². The molecule has 0 saturated carbocycles. The molecule has 2 atom stereocenters. The van der Waals surface area contributed by atoms with E-state index in [0.29, 0.717) is 0 Å². The van der Waals surface area contributed by atoms with E-state index in [1.807, 2.05) is 13.8 Å². The van der Waals surface area contributed by atoms with Crippen LogP contribution >= 0.6 is 0 Å². The first-order valence-corrected chi connectivity index (χ1v) is 6.14. The summed E-state index contributed by atoms with van der Waals surface area (Å²) in [5, 5.41) is 3.48. The van der Waals surface area contributed by atoms with Crippen LogP contribution < -0.4 is 0 Å². The van der Waals surface area contributed by atoms with Crippen molar-refractivity contribution in [2.75, 3.05) is 6.61 Å². The van der Waals surface area contributed by atoms with Gasteiger partial charge in [0.25, 0.3) is 0 Å². The Hall–Kier alpha value is -1.27. The molecule has 1 aliphatic rings. The smallest absolute Gasteiger partial charge is 0.442 e. The zero-order valence-electron chi connectivity index (χ0n) is 11.4. The molecular weight excluding hydrogens is 263 g/mol. The number of ether oxygens (including phenoxy) is 1. The van der Waals surface area contributed by atoms with E-state index < -0.39 is 24.2 Å². The minimum absolute atomic E-state index is 0.105. The van der Waals surface area contributed by atoms with E-state index in [4.69, 9.17) is 0 Å². The summed E-state index contributed by atoms with van der Waals surface area (Å²) < 4.78 is 43.9. The summed E-state index contributed by atoms with van der Waals surface area (Å²) in [6.07, 6.45) is -5.46. The largest absolute Gasteiger partial charge is 0.463 e. The van der Waals surface area contributed by atoms with Gasteiger partial charge >= 0.3 is 17.7 Å². The molecule has 0 aromatic rings. The van der Waals surface area contributed by atoms with Crippen molar-refractivity contribution in [1.82, 2.24) is 0 Å². The van der Waals surface area contributed by atoms with Crippen molar-refractivity contribution in [3.05, 3.63) is 0 Å². The number of rotatable bonds is 4. The Bertz CT molecular complexity index is 379. The van der Waals surface area contributed by atoms with Gasteiger partial charge in [0.15, 0.2) is 0 Å². The summed E-state index contributed by atoms with van der Waals surface area (Å²) >= 11 is 0. The van der Waals surface area contributed by atoms with Crippen LogP contribution in [0.25, 0.3) is 0 Å². The molecule has 110 valence electrons. The molecule has 0 spiro atoms. The number of oxime groups is 1. The lowest BCUT2D eigenvalue weighted by Crippen LogP contribution is -2.53. The fourth-order valence-corrected chi connectivity index (χ4v) is 1.71. The van der Waals surface area contributed by atoms with Gasteiger partial charge in [-0.1, -0.05) is 25.9 Å². The molecule has 0 bridgehead atoms. The number of halogens is 3. The lowest BCUT2D eigenvalue weighted by molar-refractivity contribution is -0.269. The molecule has 0 N–H and O–H groups in total. The van der Waals surface area contributed by atoms with Crippen LogP contribution in [0.5, 0.6) is 0 Å². The van der Waals surface area contributed by atoms with Crippen LogP contribution in [0.4, 0.5) is 13.2 Å². The average molecular weight is 281 g/mol. The maximum Gasteiger partial charge on any atom is 0.442 e. The van der Waals surface area contributed by atoms with Gasteiger partial charge < -0.3 is 9.57 Å². The van der Waals surface area contributed by atoms with Crippen LogP contribution in [0, 0.1) is 11.8 Å². The van der Waals surface area contributed by atoms with Crippen LogP contribution in [-0.2, 0) is 14.4 Å². The Morgan fingerprint density at radius 2 is 2.05 bits per heavy atom. The number of esters is 1. The highest BCUT2D eigenvalue weighted by Crippen LogP contribution is 2.42. The summed E-state index contributed by atoms with van der Waals surface area (Å²) in [6, 6.07) is 0. The van der Waals surface area contributed by atoms with Crippen molar-refractivity contribution in [1.29, 1.82) is 0 Å². The lowest BCUT2D eigenvalue weighted by atomic mass is 9.86. The number of hydrogen-bond acceptors (Lipinski definition) is 4. The zero-order valence-corrected chi connectivity index (χ0v) is 11.4. The van der Waals surface area contributed by atoms with Crippen LogP contribution in [0.15, 0.2) is 5.16 Å².